The van der Waals surface area contributed by atoms with E-state index in [2.05, 4.69) is 27.7 Å². The van der Waals surface area contributed by atoms with Crippen LogP contribution in [0.3, 0.4) is 0 Å². The van der Waals surface area contributed by atoms with Crippen LogP contribution in [0.15, 0.2) is 48.5 Å². The maximum atomic E-state index is 11.5. The number of nitrogens with one attached hydrogen (secondary N) is 2. The van der Waals surface area contributed by atoms with Gasteiger partial charge < -0.3 is 15.5 Å². The van der Waals surface area contributed by atoms with Crippen molar-refractivity contribution in [2.45, 2.75) is 19.8 Å². The van der Waals surface area contributed by atoms with E-state index < -0.39 is 0 Å². The molecule has 2 N–H and O–H groups in total. The Morgan fingerprint density at radius 3 is 1.91 bits per heavy atom. The molecule has 2 rings (SSSR count). The van der Waals surface area contributed by atoms with E-state index in [0.717, 1.165) is 23.5 Å². The zero-order valence-electron chi connectivity index (χ0n) is 13.4. The Balaban J connectivity index is 1.97. The lowest BCUT2D eigenvalue weighted by Gasteiger charge is -2.13. The molecule has 0 aliphatic rings. The van der Waals surface area contributed by atoms with E-state index >= 15 is 0 Å². The molecule has 0 spiro atoms. The average molecular weight is 297 g/mol. The summed E-state index contributed by atoms with van der Waals surface area (Å²) in [7, 11) is 4.04. The second kappa shape index (κ2) is 7.50. The number of carbonyl (C=O) groups excluding carboxylic acids is 1. The summed E-state index contributed by atoms with van der Waals surface area (Å²) in [5.41, 5.74) is 4.02. The van der Waals surface area contributed by atoms with Crippen molar-refractivity contribution in [3.8, 4) is 0 Å². The Labute approximate surface area is 132 Å². The van der Waals surface area contributed by atoms with Crippen LogP contribution in [0.25, 0.3) is 0 Å². The van der Waals surface area contributed by atoms with E-state index in [1.807, 2.05) is 57.4 Å². The minimum atomic E-state index is 0.0579. The van der Waals surface area contributed by atoms with Crippen molar-refractivity contribution in [2.75, 3.05) is 29.6 Å². The number of benzene rings is 2. The van der Waals surface area contributed by atoms with Gasteiger partial charge in [-0.05, 0) is 55.0 Å². The molecule has 0 radical (unpaired) electrons. The molecule has 0 bridgehead atoms. The van der Waals surface area contributed by atoms with Crippen molar-refractivity contribution < 1.29 is 4.79 Å². The molecule has 2 aromatic carbocycles. The van der Waals surface area contributed by atoms with E-state index in [1.165, 1.54) is 5.69 Å². The van der Waals surface area contributed by atoms with E-state index in [4.69, 9.17) is 0 Å². The third-order valence-electron chi connectivity index (χ3n) is 3.32. The van der Waals surface area contributed by atoms with Crippen molar-refractivity contribution in [2.24, 2.45) is 0 Å². The van der Waals surface area contributed by atoms with Gasteiger partial charge in [-0.2, -0.15) is 0 Å². The highest BCUT2D eigenvalue weighted by Crippen LogP contribution is 2.21. The molecule has 0 heterocycles. The number of rotatable bonds is 6. The van der Waals surface area contributed by atoms with Crippen molar-refractivity contribution in [3.05, 3.63) is 48.5 Å². The SMILES string of the molecule is CCCC(=O)Nc1ccc(Nc2ccc(N(C)C)cc2)cc1. The summed E-state index contributed by atoms with van der Waals surface area (Å²) in [5, 5.41) is 6.23. The monoisotopic (exact) mass is 297 g/mol. The van der Waals surface area contributed by atoms with Crippen LogP contribution in [0.5, 0.6) is 0 Å². The topological polar surface area (TPSA) is 44.4 Å². The summed E-state index contributed by atoms with van der Waals surface area (Å²) in [5.74, 6) is 0.0579. The summed E-state index contributed by atoms with van der Waals surface area (Å²) in [6.07, 6.45) is 1.41. The zero-order chi connectivity index (χ0) is 15.9. The molecule has 0 fully saturated rings. The van der Waals surface area contributed by atoms with Crippen LogP contribution in [0.4, 0.5) is 22.7 Å². The van der Waals surface area contributed by atoms with Crippen LogP contribution >= 0.6 is 0 Å². The first-order chi connectivity index (χ1) is 10.6. The molecule has 1 amide bonds. The molecule has 2 aromatic rings. The minimum absolute atomic E-state index is 0.0579. The van der Waals surface area contributed by atoms with E-state index in [-0.39, 0.29) is 5.91 Å². The minimum Gasteiger partial charge on any atom is -0.378 e. The Kier molecular flexibility index (Phi) is 5.42. The smallest absolute Gasteiger partial charge is 0.224 e. The maximum Gasteiger partial charge on any atom is 0.224 e. The molecular weight excluding hydrogens is 274 g/mol. The van der Waals surface area contributed by atoms with Crippen molar-refractivity contribution in [3.63, 3.8) is 0 Å². The molecule has 0 atom stereocenters. The van der Waals surface area contributed by atoms with E-state index in [1.54, 1.807) is 0 Å². The van der Waals surface area contributed by atoms with Crippen molar-refractivity contribution in [1.82, 2.24) is 0 Å². The number of hydrogen-bond donors (Lipinski definition) is 2. The first-order valence-electron chi connectivity index (χ1n) is 7.53. The maximum absolute atomic E-state index is 11.5. The molecule has 0 saturated heterocycles. The van der Waals surface area contributed by atoms with Crippen molar-refractivity contribution in [1.29, 1.82) is 0 Å². The third-order valence-corrected chi connectivity index (χ3v) is 3.32. The fourth-order valence-corrected chi connectivity index (χ4v) is 2.10. The van der Waals surface area contributed by atoms with E-state index in [9.17, 15) is 4.79 Å². The lowest BCUT2D eigenvalue weighted by atomic mass is 10.2. The van der Waals surface area contributed by atoms with Gasteiger partial charge in [-0.3, -0.25) is 4.79 Å². The largest absolute Gasteiger partial charge is 0.378 e. The molecule has 0 aliphatic carbocycles. The molecule has 0 unspecified atom stereocenters. The molecule has 4 heteroatoms. The predicted octanol–water partition coefficient (Wildman–Crippen LogP) is 4.23. The molecule has 4 nitrogen and oxygen atoms in total. The van der Waals surface area contributed by atoms with Gasteiger partial charge in [-0.1, -0.05) is 6.92 Å². The van der Waals surface area contributed by atoms with Crippen LogP contribution in [0, 0.1) is 0 Å². The summed E-state index contributed by atoms with van der Waals surface area (Å²) in [6.45, 7) is 1.99. The van der Waals surface area contributed by atoms with Gasteiger partial charge in [-0.25, -0.2) is 0 Å². The Morgan fingerprint density at radius 1 is 0.909 bits per heavy atom. The van der Waals surface area contributed by atoms with Gasteiger partial charge >= 0.3 is 0 Å². The first-order valence-corrected chi connectivity index (χ1v) is 7.53. The second-order valence-electron chi connectivity index (χ2n) is 5.44. The molecule has 0 aromatic heterocycles. The predicted molar refractivity (Wildman–Crippen MR) is 94.0 cm³/mol. The van der Waals surface area contributed by atoms with Gasteiger partial charge in [0.2, 0.25) is 5.91 Å². The second-order valence-corrected chi connectivity index (χ2v) is 5.44. The number of nitrogens with zero attached hydrogens (tertiary/aromatic N) is 1. The van der Waals surface area contributed by atoms with Crippen LogP contribution < -0.4 is 15.5 Å². The van der Waals surface area contributed by atoms with Crippen LogP contribution in [0.1, 0.15) is 19.8 Å². The lowest BCUT2D eigenvalue weighted by Crippen LogP contribution is -2.10. The van der Waals surface area contributed by atoms with Gasteiger partial charge in [0.25, 0.3) is 0 Å². The zero-order valence-corrected chi connectivity index (χ0v) is 13.4. The fraction of sp³-hybridized carbons (Fsp3) is 0.278. The Bertz CT molecular complexity index is 603. The lowest BCUT2D eigenvalue weighted by molar-refractivity contribution is -0.116. The Morgan fingerprint density at radius 2 is 1.41 bits per heavy atom. The van der Waals surface area contributed by atoms with Crippen LogP contribution in [-0.2, 0) is 4.79 Å². The molecule has 0 saturated carbocycles. The summed E-state index contributed by atoms with van der Waals surface area (Å²) in [6, 6.07) is 16.0. The highest BCUT2D eigenvalue weighted by molar-refractivity contribution is 5.90. The number of anilines is 4. The average Bonchev–Trinajstić information content (AvgIpc) is 2.50. The van der Waals surface area contributed by atoms with Gasteiger partial charge in [-0.15, -0.1) is 0 Å². The van der Waals surface area contributed by atoms with Crippen LogP contribution in [0.2, 0.25) is 0 Å². The quantitative estimate of drug-likeness (QED) is 0.838. The highest BCUT2D eigenvalue weighted by Gasteiger charge is 2.01. The summed E-state index contributed by atoms with van der Waals surface area (Å²) >= 11 is 0. The fourth-order valence-electron chi connectivity index (χ4n) is 2.10. The van der Waals surface area contributed by atoms with Gasteiger partial charge in [0.05, 0.1) is 0 Å². The van der Waals surface area contributed by atoms with Gasteiger partial charge in [0, 0.05) is 43.3 Å². The van der Waals surface area contributed by atoms with Gasteiger partial charge in [0.1, 0.15) is 0 Å². The van der Waals surface area contributed by atoms with Crippen molar-refractivity contribution >= 4 is 28.7 Å². The third kappa shape index (κ3) is 4.52. The standard InChI is InChI=1S/C18H23N3O/c1-4-5-18(22)20-16-8-6-14(7-9-16)19-15-10-12-17(13-11-15)21(2)3/h6-13,19H,4-5H2,1-3H3,(H,20,22). The molecule has 22 heavy (non-hydrogen) atoms. The number of hydrogen-bond acceptors (Lipinski definition) is 3. The summed E-state index contributed by atoms with van der Waals surface area (Å²) in [4.78, 5) is 13.6. The molecule has 116 valence electrons. The normalized spacial score (nSPS) is 10.1. The molecular formula is C18H23N3O. The van der Waals surface area contributed by atoms with E-state index in [0.29, 0.717) is 6.42 Å². The number of amides is 1. The number of carbonyl (C=O) groups is 1. The summed E-state index contributed by atoms with van der Waals surface area (Å²) < 4.78 is 0. The van der Waals surface area contributed by atoms with Crippen LogP contribution in [-0.4, -0.2) is 20.0 Å². The highest BCUT2D eigenvalue weighted by atomic mass is 16.1. The first kappa shape index (κ1) is 15.9. The van der Waals surface area contributed by atoms with Gasteiger partial charge in [0.15, 0.2) is 0 Å². The molecule has 0 aliphatic heterocycles. The Hall–Kier alpha value is -2.49.